The van der Waals surface area contributed by atoms with E-state index in [2.05, 4.69) is 39.2 Å². The van der Waals surface area contributed by atoms with Gasteiger partial charge in [0.25, 0.3) is 6.33 Å². The Balaban J connectivity index is 0.0000109. The second-order valence-electron chi connectivity index (χ2n) is 23.2. The Hall–Kier alpha value is -9.67. The first-order valence-electron chi connectivity index (χ1n) is 41.4. The standard InChI is InChI=1S/C82H64N4O.Pt/c1-52-23-21-24-53(2)78(52)60-45-71-67-33-17-15-31-65(67)66-32-16-18-34-68(66)72-44-59(58-42-56(54-25-11-9-12-26-54)41-57(43-58)55-27-13-10-14-28-55)47-76-80(72)85(79(71)73(46-60)82(6,7)8)51-84(76)62-29-22-30-63(49-62)87-64-37-38-70-69-35-19-20-36-74(69)86(75(70)50-64)77-48-61(39-40-83-77)81(3,4)5;/h9-48H,1-8H3;/q-2;/i1D3,2D3,9D,10D,11D,12D,13D,14D,15D,16D,17D,18D,25D,26D,27D,28D,31D,32D,33D,34D,41D,42D,43D;. The van der Waals surface area contributed by atoms with Gasteiger partial charge in [-0.2, -0.15) is 18.2 Å². The fourth-order valence-corrected chi connectivity index (χ4v) is 11.5. The Bertz CT molecular complexity index is 6420. The fraction of sp³-hybridized carbons (Fsp3) is 0.122. The summed E-state index contributed by atoms with van der Waals surface area (Å²) in [5.41, 5.74) is -6.79. The van der Waals surface area contributed by atoms with Crippen molar-refractivity contribution in [3.63, 3.8) is 0 Å². The van der Waals surface area contributed by atoms with Crippen molar-refractivity contribution in [2.24, 2.45) is 0 Å². The summed E-state index contributed by atoms with van der Waals surface area (Å²) < 4.78 is 265. The second kappa shape index (κ2) is 21.9. The van der Waals surface area contributed by atoms with Crippen molar-refractivity contribution in [2.45, 2.75) is 66.1 Å². The molecule has 11 aromatic carbocycles. The number of imidazole rings is 1. The van der Waals surface area contributed by atoms with E-state index in [-0.39, 0.29) is 93.8 Å². The van der Waals surface area contributed by atoms with Crippen LogP contribution in [0.15, 0.2) is 242 Å². The second-order valence-corrected chi connectivity index (χ2v) is 23.2. The molecule has 0 fully saturated rings. The minimum atomic E-state index is -3.01. The molecule has 0 aliphatic carbocycles. The van der Waals surface area contributed by atoms with E-state index in [4.69, 9.17) is 26.2 Å². The molecule has 0 saturated heterocycles. The van der Waals surface area contributed by atoms with Crippen molar-refractivity contribution in [1.82, 2.24) is 14.1 Å². The summed E-state index contributed by atoms with van der Waals surface area (Å²) in [6.45, 7) is 5.56. The number of pyridine rings is 1. The molecule has 0 radical (unpaired) electrons. The van der Waals surface area contributed by atoms with Crippen molar-refractivity contribution < 1.29 is 67.4 Å². The predicted octanol–water partition coefficient (Wildman–Crippen LogP) is 20.8. The van der Waals surface area contributed by atoms with Crippen LogP contribution in [0.1, 0.15) is 101 Å². The van der Waals surface area contributed by atoms with E-state index in [1.54, 1.807) is 57.3 Å². The van der Waals surface area contributed by atoms with Crippen LogP contribution in [0.3, 0.4) is 0 Å². The van der Waals surface area contributed by atoms with Gasteiger partial charge in [0.05, 0.1) is 45.5 Å². The van der Waals surface area contributed by atoms with Gasteiger partial charge < -0.3 is 13.9 Å². The maximum Gasteiger partial charge on any atom is 0.268 e. The number of hydrogen-bond donors (Lipinski definition) is 0. The topological polar surface area (TPSA) is 35.9 Å². The van der Waals surface area contributed by atoms with Gasteiger partial charge in [0, 0.05) is 52.5 Å². The molecule has 430 valence electrons. The smallest absolute Gasteiger partial charge is 0.268 e. The van der Waals surface area contributed by atoms with Crippen LogP contribution in [0, 0.1) is 32.2 Å². The summed E-state index contributed by atoms with van der Waals surface area (Å²) in [4.78, 5) is 4.83. The number of para-hydroxylation sites is 1. The summed E-state index contributed by atoms with van der Waals surface area (Å²) in [5, 5.41) is 1.71. The minimum absolute atomic E-state index is 0. The van der Waals surface area contributed by atoms with Gasteiger partial charge in [0.2, 0.25) is 0 Å². The molecule has 1 aliphatic heterocycles. The van der Waals surface area contributed by atoms with Crippen LogP contribution in [0.2, 0.25) is 0 Å². The summed E-state index contributed by atoms with van der Waals surface area (Å²) in [6.07, 6.45) is 5.22. The third kappa shape index (κ3) is 9.79. The van der Waals surface area contributed by atoms with E-state index in [1.807, 2.05) is 47.0 Å². The molecule has 88 heavy (non-hydrogen) atoms. The molecule has 6 heteroatoms. The molecule has 0 atom stereocenters. The number of aromatic nitrogens is 4. The van der Waals surface area contributed by atoms with E-state index in [1.165, 1.54) is 45.5 Å². The van der Waals surface area contributed by atoms with Crippen LogP contribution in [0.5, 0.6) is 11.5 Å². The summed E-state index contributed by atoms with van der Waals surface area (Å²) in [5.74, 6) is 0.841. The molecule has 14 aromatic rings. The van der Waals surface area contributed by atoms with Gasteiger partial charge in [-0.05, 0) is 184 Å². The fourth-order valence-electron chi connectivity index (χ4n) is 11.5. The Labute approximate surface area is 568 Å². The molecule has 0 amide bonds. The van der Waals surface area contributed by atoms with E-state index >= 15 is 0 Å². The van der Waals surface area contributed by atoms with Crippen molar-refractivity contribution >= 4 is 32.8 Å². The number of benzene rings is 11. The molecule has 1 aliphatic rings. The number of fused-ring (bicyclic) bond motifs is 10. The number of rotatable bonds is 8. The van der Waals surface area contributed by atoms with Gasteiger partial charge in [-0.1, -0.05) is 204 Å². The molecule has 0 unspecified atom stereocenters. The zero-order chi connectivity index (χ0) is 82.6. The van der Waals surface area contributed by atoms with Crippen molar-refractivity contribution in [1.29, 1.82) is 0 Å². The van der Waals surface area contributed by atoms with Gasteiger partial charge in [0.15, 0.2) is 0 Å². The van der Waals surface area contributed by atoms with Crippen LogP contribution in [-0.2, 0) is 31.9 Å². The zero-order valence-electron chi connectivity index (χ0n) is 75.0. The molecule has 5 nitrogen and oxygen atoms in total. The Morgan fingerprint density at radius 2 is 1.09 bits per heavy atom. The maximum atomic E-state index is 10.4. The van der Waals surface area contributed by atoms with Gasteiger partial charge in [0.1, 0.15) is 5.82 Å². The van der Waals surface area contributed by atoms with Crippen LogP contribution in [0.25, 0.3) is 128 Å². The molecule has 15 rings (SSSR count). The van der Waals surface area contributed by atoms with Crippen molar-refractivity contribution in [3.05, 3.63) is 283 Å². The molecule has 3 aromatic heterocycles. The summed E-state index contributed by atoms with van der Waals surface area (Å²) in [6, 6.07) is 17.4. The Kier molecular flexibility index (Phi) is 8.34. The minimum Gasteiger partial charge on any atom is -0.510 e. The Morgan fingerprint density at radius 3 is 1.74 bits per heavy atom. The molecular weight excluding hydrogens is 1250 g/mol. The quantitative estimate of drug-likeness (QED) is 0.112. The van der Waals surface area contributed by atoms with E-state index in [0.29, 0.717) is 11.3 Å². The zero-order valence-corrected chi connectivity index (χ0v) is 50.3. The maximum absolute atomic E-state index is 10.4. The predicted molar refractivity (Wildman–Crippen MR) is 358 cm³/mol. The van der Waals surface area contributed by atoms with Gasteiger partial charge in [-0.3, -0.25) is 4.57 Å². The monoisotopic (exact) mass is 1340 g/mol. The number of ether oxygens (including phenoxy) is 1. The van der Waals surface area contributed by atoms with E-state index in [9.17, 15) is 20.6 Å². The van der Waals surface area contributed by atoms with Crippen LogP contribution >= 0.6 is 0 Å². The van der Waals surface area contributed by atoms with Crippen molar-refractivity contribution in [2.75, 3.05) is 0 Å². The summed E-state index contributed by atoms with van der Waals surface area (Å²) >= 11 is 0. The number of nitrogens with zero attached hydrogens (tertiary/aromatic N) is 4. The summed E-state index contributed by atoms with van der Waals surface area (Å²) in [7, 11) is 0. The van der Waals surface area contributed by atoms with Crippen LogP contribution < -0.4 is 9.30 Å². The van der Waals surface area contributed by atoms with Crippen molar-refractivity contribution in [3.8, 4) is 107 Å². The number of hydrogen-bond acceptors (Lipinski definition) is 2. The van der Waals surface area contributed by atoms with Gasteiger partial charge in [-0.25, -0.2) is 4.98 Å². The first-order valence-corrected chi connectivity index (χ1v) is 27.9. The first-order chi connectivity index (χ1) is 53.4. The molecule has 0 saturated carbocycles. The molecule has 0 N–H and O–H groups in total. The third-order valence-corrected chi connectivity index (χ3v) is 15.6. The molecule has 0 spiro atoms. The van der Waals surface area contributed by atoms with Gasteiger partial charge >= 0.3 is 0 Å². The number of aryl methyl sites for hydroxylation is 2. The van der Waals surface area contributed by atoms with Crippen LogP contribution in [-0.4, -0.2) is 14.1 Å². The Morgan fingerprint density at radius 1 is 0.500 bits per heavy atom. The van der Waals surface area contributed by atoms with E-state index in [0.717, 1.165) is 21.9 Å². The normalized spacial score (nSPS) is 16.6. The SMILES string of the molecule is [2H]c1c([2H])c([2H])c(-c2c([2H])c(-c3cc4c5c(c3)n(-c3[c-]c(Oc6[c-]c7c(cc6)c6ccccc6n7-c6cc(C(C)(C)C)ccn6)ccc3)[c-][n+]5-c3c(cc(-c5c(C([2H])([2H])[2H])cccc5C([2H])([2H])[2H])cc3C(C)(C)C)-c3c([2H])c([2H])c([2H])c([2H])c3-c3c([2H])c([2H])c([2H])c([2H])c3-4)c([2H])c(-c3c([2H])c([2H])c([2H])c([2H])c3[2H])c2[2H])c([2H])c1[2H].[Pt]. The largest absolute Gasteiger partial charge is 0.510 e. The average molecular weight is 1340 g/mol. The van der Waals surface area contributed by atoms with E-state index < -0.39 is 207 Å². The van der Waals surface area contributed by atoms with Gasteiger partial charge in [-0.15, -0.1) is 29.7 Å². The molecular formula is C82H64N4OPt-2. The molecule has 4 heterocycles. The molecule has 0 bridgehead atoms. The van der Waals surface area contributed by atoms with Crippen LogP contribution in [0.4, 0.5) is 0 Å². The third-order valence-electron chi connectivity index (χ3n) is 15.6. The first kappa shape index (κ1) is 33.5. The average Bonchev–Trinajstić information content (AvgIpc) is 1.60.